The zero-order valence-electron chi connectivity index (χ0n) is 8.65. The summed E-state index contributed by atoms with van der Waals surface area (Å²) in [5.74, 6) is -0.362. The quantitative estimate of drug-likeness (QED) is 0.682. The Hall–Kier alpha value is -0.610. The van der Waals surface area contributed by atoms with Crippen LogP contribution in [0.25, 0.3) is 0 Å². The zero-order valence-corrected chi connectivity index (χ0v) is 8.65. The third-order valence-electron chi connectivity index (χ3n) is 3.05. The number of nitrogens with zero attached hydrogens (tertiary/aromatic N) is 1. The molecule has 14 heavy (non-hydrogen) atoms. The molecule has 0 aromatic heterocycles. The molecule has 0 aromatic rings. The van der Waals surface area contributed by atoms with Crippen LogP contribution in [-0.2, 0) is 4.79 Å². The first-order chi connectivity index (χ1) is 6.63. The van der Waals surface area contributed by atoms with Gasteiger partial charge in [0.05, 0.1) is 6.61 Å². The van der Waals surface area contributed by atoms with E-state index in [1.54, 1.807) is 0 Å². The summed E-state index contributed by atoms with van der Waals surface area (Å²) in [5, 5.41) is 17.4. The second kappa shape index (κ2) is 5.32. The van der Waals surface area contributed by atoms with Crippen LogP contribution in [0.2, 0.25) is 0 Å². The molecule has 2 unspecified atom stereocenters. The van der Waals surface area contributed by atoms with E-state index in [9.17, 15) is 4.79 Å². The van der Waals surface area contributed by atoms with Gasteiger partial charge in [0.2, 0.25) is 0 Å². The monoisotopic (exact) mass is 201 g/mol. The highest BCUT2D eigenvalue weighted by molar-refractivity contribution is 5.67. The van der Waals surface area contributed by atoms with Crippen LogP contribution >= 0.6 is 0 Å². The summed E-state index contributed by atoms with van der Waals surface area (Å²) >= 11 is 0. The molecule has 1 rings (SSSR count). The van der Waals surface area contributed by atoms with Crippen LogP contribution in [0.4, 0.5) is 0 Å². The second-order valence-electron chi connectivity index (χ2n) is 4.13. The summed E-state index contributed by atoms with van der Waals surface area (Å²) in [6, 6.07) is 0.464. The topological polar surface area (TPSA) is 60.8 Å². The smallest absolute Gasteiger partial charge is 0.303 e. The van der Waals surface area contributed by atoms with Crippen LogP contribution in [0.5, 0.6) is 0 Å². The molecule has 0 aliphatic heterocycles. The molecule has 1 saturated carbocycles. The number of hydrogen-bond acceptors (Lipinski definition) is 3. The van der Waals surface area contributed by atoms with Gasteiger partial charge in [-0.05, 0) is 32.2 Å². The Morgan fingerprint density at radius 3 is 2.79 bits per heavy atom. The lowest BCUT2D eigenvalue weighted by molar-refractivity contribution is -0.138. The maximum atomic E-state index is 10.5. The van der Waals surface area contributed by atoms with E-state index >= 15 is 0 Å². The zero-order chi connectivity index (χ0) is 10.6. The molecular formula is C10H19NO3. The predicted molar refractivity (Wildman–Crippen MR) is 53.1 cm³/mol. The number of hydrogen-bond donors (Lipinski definition) is 2. The largest absolute Gasteiger partial charge is 0.481 e. The van der Waals surface area contributed by atoms with E-state index in [1.165, 1.54) is 0 Å². The summed E-state index contributed by atoms with van der Waals surface area (Å²) in [5.41, 5.74) is 0. The molecule has 2 atom stereocenters. The van der Waals surface area contributed by atoms with Gasteiger partial charge < -0.3 is 15.1 Å². The van der Waals surface area contributed by atoms with Crippen molar-refractivity contribution in [3.63, 3.8) is 0 Å². The minimum atomic E-state index is -0.694. The Morgan fingerprint density at radius 1 is 1.50 bits per heavy atom. The lowest BCUT2D eigenvalue weighted by Gasteiger charge is -2.23. The summed E-state index contributed by atoms with van der Waals surface area (Å²) < 4.78 is 0. The number of aliphatic carboxylic acids is 1. The highest BCUT2D eigenvalue weighted by Crippen LogP contribution is 2.30. The maximum absolute atomic E-state index is 10.5. The molecule has 1 aliphatic rings. The van der Waals surface area contributed by atoms with Crippen LogP contribution in [0.1, 0.15) is 25.7 Å². The van der Waals surface area contributed by atoms with Crippen LogP contribution in [-0.4, -0.2) is 47.3 Å². The van der Waals surface area contributed by atoms with Gasteiger partial charge in [0.15, 0.2) is 0 Å². The lowest BCUT2D eigenvalue weighted by Crippen LogP contribution is -2.32. The molecule has 0 spiro atoms. The molecule has 0 saturated heterocycles. The molecule has 0 heterocycles. The van der Waals surface area contributed by atoms with E-state index in [4.69, 9.17) is 10.2 Å². The van der Waals surface area contributed by atoms with Crippen molar-refractivity contribution in [2.45, 2.75) is 31.7 Å². The number of aliphatic hydroxyl groups is 1. The minimum absolute atomic E-state index is 0.177. The van der Waals surface area contributed by atoms with Crippen molar-refractivity contribution in [3.8, 4) is 0 Å². The SMILES string of the molecule is CN(CCO)C1CCC(CC(=O)O)C1. The molecule has 2 N–H and O–H groups in total. The first-order valence-corrected chi connectivity index (χ1v) is 5.16. The maximum Gasteiger partial charge on any atom is 0.303 e. The molecule has 0 amide bonds. The summed E-state index contributed by atoms with van der Waals surface area (Å²) in [6.45, 7) is 0.862. The number of carboxylic acid groups (broad SMARTS) is 1. The highest BCUT2D eigenvalue weighted by atomic mass is 16.4. The summed E-state index contributed by atoms with van der Waals surface area (Å²) in [4.78, 5) is 12.6. The molecule has 0 aromatic carbocycles. The fraction of sp³-hybridized carbons (Fsp3) is 0.900. The van der Waals surface area contributed by atoms with Crippen LogP contribution < -0.4 is 0 Å². The Morgan fingerprint density at radius 2 is 2.21 bits per heavy atom. The van der Waals surface area contributed by atoms with Gasteiger partial charge in [-0.1, -0.05) is 0 Å². The van der Waals surface area contributed by atoms with Gasteiger partial charge in [-0.2, -0.15) is 0 Å². The molecule has 0 radical (unpaired) electrons. The van der Waals surface area contributed by atoms with E-state index in [-0.39, 0.29) is 6.61 Å². The van der Waals surface area contributed by atoms with Gasteiger partial charge >= 0.3 is 5.97 Å². The summed E-state index contributed by atoms with van der Waals surface area (Å²) in [7, 11) is 1.99. The van der Waals surface area contributed by atoms with Gasteiger partial charge in [-0.25, -0.2) is 0 Å². The third-order valence-corrected chi connectivity index (χ3v) is 3.05. The Balaban J connectivity index is 2.29. The normalized spacial score (nSPS) is 27.1. The first kappa shape index (κ1) is 11.5. The van der Waals surface area contributed by atoms with E-state index in [0.29, 0.717) is 24.9 Å². The molecule has 82 valence electrons. The lowest BCUT2D eigenvalue weighted by atomic mass is 10.0. The fourth-order valence-electron chi connectivity index (χ4n) is 2.22. The second-order valence-corrected chi connectivity index (χ2v) is 4.13. The number of carbonyl (C=O) groups is 1. The molecule has 1 aliphatic carbocycles. The number of rotatable bonds is 5. The molecule has 4 nitrogen and oxygen atoms in total. The van der Waals surface area contributed by atoms with Gasteiger partial charge in [0, 0.05) is 19.0 Å². The Kier molecular flexibility index (Phi) is 4.35. The van der Waals surface area contributed by atoms with Crippen LogP contribution in [0.3, 0.4) is 0 Å². The van der Waals surface area contributed by atoms with Gasteiger partial charge in [-0.3, -0.25) is 4.79 Å². The van der Waals surface area contributed by atoms with Crippen molar-refractivity contribution in [2.24, 2.45) is 5.92 Å². The van der Waals surface area contributed by atoms with Crippen molar-refractivity contribution < 1.29 is 15.0 Å². The Labute approximate surface area is 84.5 Å². The minimum Gasteiger partial charge on any atom is -0.481 e. The van der Waals surface area contributed by atoms with Crippen molar-refractivity contribution in [1.29, 1.82) is 0 Å². The molecule has 1 fully saturated rings. The van der Waals surface area contributed by atoms with Crippen molar-refractivity contribution >= 4 is 5.97 Å². The van der Waals surface area contributed by atoms with Crippen LogP contribution in [0.15, 0.2) is 0 Å². The summed E-state index contributed by atoms with van der Waals surface area (Å²) in [6.07, 6.45) is 3.33. The predicted octanol–water partition coefficient (Wildman–Crippen LogP) is 0.554. The van der Waals surface area contributed by atoms with Gasteiger partial charge in [0.25, 0.3) is 0 Å². The molecule has 4 heteroatoms. The van der Waals surface area contributed by atoms with Crippen molar-refractivity contribution in [3.05, 3.63) is 0 Å². The van der Waals surface area contributed by atoms with Crippen LogP contribution in [0, 0.1) is 5.92 Å². The Bertz CT molecular complexity index is 196. The molecule has 0 bridgehead atoms. The number of likely N-dealkylation sites (N-methyl/N-ethyl adjacent to an activating group) is 1. The van der Waals surface area contributed by atoms with E-state index in [2.05, 4.69) is 4.90 Å². The first-order valence-electron chi connectivity index (χ1n) is 5.16. The standard InChI is InChI=1S/C10H19NO3/c1-11(4-5-12)9-3-2-8(6-9)7-10(13)14/h8-9,12H,2-7H2,1H3,(H,13,14). The fourth-order valence-corrected chi connectivity index (χ4v) is 2.22. The van der Waals surface area contributed by atoms with Crippen molar-refractivity contribution in [1.82, 2.24) is 4.90 Å². The average molecular weight is 201 g/mol. The molecular weight excluding hydrogens is 182 g/mol. The van der Waals surface area contributed by atoms with Gasteiger partial charge in [0.1, 0.15) is 0 Å². The van der Waals surface area contributed by atoms with E-state index in [1.807, 2.05) is 7.05 Å². The number of carboxylic acids is 1. The van der Waals surface area contributed by atoms with E-state index in [0.717, 1.165) is 19.3 Å². The third kappa shape index (κ3) is 3.27. The number of aliphatic hydroxyl groups excluding tert-OH is 1. The highest BCUT2D eigenvalue weighted by Gasteiger charge is 2.28. The van der Waals surface area contributed by atoms with Crippen molar-refractivity contribution in [2.75, 3.05) is 20.2 Å². The van der Waals surface area contributed by atoms with Gasteiger partial charge in [-0.15, -0.1) is 0 Å². The average Bonchev–Trinajstić information content (AvgIpc) is 2.52. The van der Waals surface area contributed by atoms with E-state index < -0.39 is 5.97 Å².